The summed E-state index contributed by atoms with van der Waals surface area (Å²) in [4.78, 5) is 37.2. The minimum atomic E-state index is -3.96. The van der Waals surface area contributed by atoms with Gasteiger partial charge in [0, 0.05) is 25.6 Å². The van der Waals surface area contributed by atoms with Crippen molar-refractivity contribution in [3.8, 4) is 0 Å². The number of nitrogens with zero attached hydrogens (tertiary/aromatic N) is 1. The van der Waals surface area contributed by atoms with E-state index < -0.39 is 22.1 Å². The molecule has 1 heterocycles. The van der Waals surface area contributed by atoms with E-state index in [2.05, 4.69) is 15.4 Å². The van der Waals surface area contributed by atoms with Crippen LogP contribution in [0.3, 0.4) is 0 Å². The monoisotopic (exact) mass is 450 g/mol. The number of likely N-dealkylation sites (tertiary alicyclic amines) is 1. The topological polar surface area (TPSA) is 125 Å². The number of rotatable bonds is 6. The summed E-state index contributed by atoms with van der Waals surface area (Å²) in [6.45, 7) is 0.773. The predicted molar refractivity (Wildman–Crippen MR) is 115 cm³/mol. The van der Waals surface area contributed by atoms with E-state index in [0.29, 0.717) is 25.9 Å². The van der Waals surface area contributed by atoms with Gasteiger partial charge in [-0.3, -0.25) is 9.69 Å². The number of carbonyl (C=O) groups excluding carboxylic acids is 3. The summed E-state index contributed by atoms with van der Waals surface area (Å²) in [5.41, 5.74) is 0.830. The lowest BCUT2D eigenvalue weighted by Crippen LogP contribution is -2.46. The largest absolute Gasteiger partial charge is 0.337 e. The molecule has 1 aliphatic carbocycles. The second-order valence-electron chi connectivity index (χ2n) is 8.04. The van der Waals surface area contributed by atoms with Crippen molar-refractivity contribution in [2.24, 2.45) is 0 Å². The normalized spacial score (nSPS) is 17.8. The molecule has 2 fully saturated rings. The van der Waals surface area contributed by atoms with Gasteiger partial charge in [-0.25, -0.2) is 22.7 Å². The molecular formula is C21H30N4O5S. The van der Waals surface area contributed by atoms with Gasteiger partial charge in [0.2, 0.25) is 5.91 Å². The number of urea groups is 2. The second-order valence-corrected chi connectivity index (χ2v) is 9.72. The number of amides is 5. The molecule has 0 spiro atoms. The first-order chi connectivity index (χ1) is 14.8. The quantitative estimate of drug-likeness (QED) is 0.613. The summed E-state index contributed by atoms with van der Waals surface area (Å²) < 4.78 is 26.9. The van der Waals surface area contributed by atoms with Gasteiger partial charge in [-0.05, 0) is 49.8 Å². The molecule has 31 heavy (non-hydrogen) atoms. The third-order valence-corrected chi connectivity index (χ3v) is 7.01. The first kappa shape index (κ1) is 23.1. The Labute approximate surface area is 183 Å². The van der Waals surface area contributed by atoms with Gasteiger partial charge in [-0.15, -0.1) is 0 Å². The Morgan fingerprint density at radius 2 is 1.71 bits per heavy atom. The predicted octanol–water partition coefficient (Wildman–Crippen LogP) is 2.27. The van der Waals surface area contributed by atoms with Crippen molar-refractivity contribution in [3.63, 3.8) is 0 Å². The minimum absolute atomic E-state index is 0.00186. The zero-order valence-electron chi connectivity index (χ0n) is 17.6. The molecule has 0 bridgehead atoms. The van der Waals surface area contributed by atoms with Gasteiger partial charge in [-0.1, -0.05) is 31.4 Å². The highest BCUT2D eigenvalue weighted by Gasteiger charge is 2.24. The van der Waals surface area contributed by atoms with Crippen molar-refractivity contribution in [1.82, 2.24) is 20.3 Å². The Balaban J connectivity index is 1.46. The van der Waals surface area contributed by atoms with Crippen LogP contribution in [0.4, 0.5) is 9.59 Å². The van der Waals surface area contributed by atoms with Gasteiger partial charge >= 0.3 is 12.1 Å². The third kappa shape index (κ3) is 6.68. The Hall–Kier alpha value is -2.62. The van der Waals surface area contributed by atoms with Crippen LogP contribution >= 0.6 is 0 Å². The summed E-state index contributed by atoms with van der Waals surface area (Å²) in [6.07, 6.45) is 7.47. The fourth-order valence-corrected chi connectivity index (χ4v) is 4.82. The smallest absolute Gasteiger partial charge is 0.328 e. The van der Waals surface area contributed by atoms with Crippen molar-refractivity contribution in [2.75, 3.05) is 13.1 Å². The maximum absolute atomic E-state index is 12.4. The van der Waals surface area contributed by atoms with Crippen LogP contribution in [-0.4, -0.2) is 50.4 Å². The summed E-state index contributed by atoms with van der Waals surface area (Å²) in [7, 11) is -3.96. The highest BCUT2D eigenvalue weighted by molar-refractivity contribution is 7.90. The lowest BCUT2D eigenvalue weighted by atomic mass is 9.96. The van der Waals surface area contributed by atoms with Gasteiger partial charge in [0.1, 0.15) is 0 Å². The molecule has 0 unspecified atom stereocenters. The number of hydrogen-bond donors (Lipinski definition) is 3. The highest BCUT2D eigenvalue weighted by atomic mass is 32.2. The maximum atomic E-state index is 12.4. The molecule has 0 radical (unpaired) electrons. The van der Waals surface area contributed by atoms with Crippen LogP contribution in [0.5, 0.6) is 0 Å². The summed E-state index contributed by atoms with van der Waals surface area (Å²) in [5, 5.41) is 5.45. The second kappa shape index (κ2) is 10.6. The Bertz CT molecular complexity index is 895. The molecule has 3 rings (SSSR count). The molecule has 1 saturated carbocycles. The number of benzene rings is 1. The van der Waals surface area contributed by atoms with Gasteiger partial charge in [-0.2, -0.15) is 0 Å². The van der Waals surface area contributed by atoms with Gasteiger partial charge in [0.25, 0.3) is 10.0 Å². The zero-order chi connectivity index (χ0) is 22.3. The van der Waals surface area contributed by atoms with E-state index in [0.717, 1.165) is 50.5 Å². The summed E-state index contributed by atoms with van der Waals surface area (Å²) in [6, 6.07) is 5.07. The van der Waals surface area contributed by atoms with Crippen molar-refractivity contribution in [2.45, 2.75) is 68.7 Å². The molecule has 1 aromatic rings. The molecule has 1 aliphatic heterocycles. The van der Waals surface area contributed by atoms with Crippen molar-refractivity contribution in [1.29, 1.82) is 0 Å². The van der Waals surface area contributed by atoms with Crippen LogP contribution in [0, 0.1) is 0 Å². The minimum Gasteiger partial charge on any atom is -0.337 e. The Morgan fingerprint density at radius 3 is 2.39 bits per heavy atom. The average molecular weight is 451 g/mol. The average Bonchev–Trinajstić information content (AvgIpc) is 2.74. The Kier molecular flexibility index (Phi) is 7.89. The lowest BCUT2D eigenvalue weighted by Gasteiger charge is -2.24. The van der Waals surface area contributed by atoms with Crippen LogP contribution in [0.1, 0.15) is 56.9 Å². The molecule has 0 aromatic heterocycles. The zero-order valence-corrected chi connectivity index (χ0v) is 18.4. The molecule has 10 heteroatoms. The first-order valence-corrected chi connectivity index (χ1v) is 12.3. The molecule has 5 amide bonds. The van der Waals surface area contributed by atoms with Crippen LogP contribution < -0.4 is 15.4 Å². The van der Waals surface area contributed by atoms with Crippen LogP contribution in [-0.2, 0) is 21.2 Å². The summed E-state index contributed by atoms with van der Waals surface area (Å²) in [5.74, 6) is -0.154. The molecule has 9 nitrogen and oxygen atoms in total. The van der Waals surface area contributed by atoms with Gasteiger partial charge in [0.05, 0.1) is 4.90 Å². The standard InChI is InChI=1S/C21H30N4O5S/c26-19-8-4-5-15-25(19)21(28)22-14-13-16-9-11-18(12-10-16)31(29,30)24-20(27)23-17-6-2-1-3-7-17/h9-12,17H,1-8,13-15H2,(H,22,28)(H2,23,24,27). The molecule has 3 N–H and O–H groups in total. The third-order valence-electron chi connectivity index (χ3n) is 5.66. The summed E-state index contributed by atoms with van der Waals surface area (Å²) >= 11 is 0. The number of sulfonamides is 1. The maximum Gasteiger partial charge on any atom is 0.328 e. The van der Waals surface area contributed by atoms with Crippen molar-refractivity contribution < 1.29 is 22.8 Å². The van der Waals surface area contributed by atoms with Gasteiger partial charge in [0.15, 0.2) is 0 Å². The van der Waals surface area contributed by atoms with E-state index in [9.17, 15) is 22.8 Å². The van der Waals surface area contributed by atoms with E-state index in [-0.39, 0.29) is 16.8 Å². The van der Waals surface area contributed by atoms with E-state index in [4.69, 9.17) is 0 Å². The van der Waals surface area contributed by atoms with Crippen molar-refractivity contribution in [3.05, 3.63) is 29.8 Å². The van der Waals surface area contributed by atoms with E-state index in [1.165, 1.54) is 17.0 Å². The van der Waals surface area contributed by atoms with Crippen LogP contribution in [0.15, 0.2) is 29.2 Å². The number of nitrogens with one attached hydrogen (secondary N) is 3. The molecule has 1 aromatic carbocycles. The molecule has 170 valence electrons. The number of hydrogen-bond acceptors (Lipinski definition) is 5. The van der Waals surface area contributed by atoms with E-state index in [1.54, 1.807) is 12.1 Å². The number of carbonyl (C=O) groups is 3. The molecule has 0 atom stereocenters. The Morgan fingerprint density at radius 1 is 1.00 bits per heavy atom. The first-order valence-electron chi connectivity index (χ1n) is 10.9. The van der Waals surface area contributed by atoms with Gasteiger partial charge < -0.3 is 10.6 Å². The van der Waals surface area contributed by atoms with E-state index >= 15 is 0 Å². The van der Waals surface area contributed by atoms with Crippen molar-refractivity contribution >= 4 is 28.0 Å². The van der Waals surface area contributed by atoms with Crippen LogP contribution in [0.2, 0.25) is 0 Å². The number of piperidine rings is 1. The van der Waals surface area contributed by atoms with E-state index in [1.807, 2.05) is 0 Å². The van der Waals surface area contributed by atoms with Crippen LogP contribution in [0.25, 0.3) is 0 Å². The fourth-order valence-electron chi connectivity index (χ4n) is 3.91. The fraction of sp³-hybridized carbons (Fsp3) is 0.571. The highest BCUT2D eigenvalue weighted by Crippen LogP contribution is 2.17. The molecule has 2 aliphatic rings. The molecule has 1 saturated heterocycles. The number of imide groups is 1. The molecular weight excluding hydrogens is 420 g/mol. The SMILES string of the molecule is O=C(NC1CCCCC1)NS(=O)(=O)c1ccc(CCNC(=O)N2CCCCC2=O)cc1. The lowest BCUT2D eigenvalue weighted by molar-refractivity contribution is -0.130.